The Balaban J connectivity index is 2.01. The van der Waals surface area contributed by atoms with Gasteiger partial charge in [-0.25, -0.2) is 8.42 Å². The van der Waals surface area contributed by atoms with Crippen LogP contribution in [0.1, 0.15) is 33.5 Å². The SMILES string of the molecule is Cc1noc(C)c1C(=O)N1CCOCC1c1[nH]ncc1S(C)(=O)=O. The highest BCUT2D eigenvalue weighted by molar-refractivity contribution is 7.90. The lowest BCUT2D eigenvalue weighted by Crippen LogP contribution is -2.44. The molecule has 0 aliphatic carbocycles. The second-order valence-electron chi connectivity index (χ2n) is 5.71. The molecule has 1 aliphatic rings. The number of carbonyl (C=O) groups excluding carboxylic acids is 1. The normalized spacial score (nSPS) is 18.8. The van der Waals surface area contributed by atoms with Gasteiger partial charge in [-0.15, -0.1) is 0 Å². The Morgan fingerprint density at radius 1 is 1.42 bits per heavy atom. The van der Waals surface area contributed by atoms with E-state index in [4.69, 9.17) is 9.26 Å². The smallest absolute Gasteiger partial charge is 0.260 e. The molecule has 1 unspecified atom stereocenters. The molecule has 3 rings (SSSR count). The number of aromatic nitrogens is 3. The van der Waals surface area contributed by atoms with Crippen molar-refractivity contribution in [1.29, 1.82) is 0 Å². The van der Waals surface area contributed by atoms with Crippen LogP contribution in [0.5, 0.6) is 0 Å². The highest BCUT2D eigenvalue weighted by Gasteiger charge is 2.35. The third-order valence-corrected chi connectivity index (χ3v) is 5.13. The van der Waals surface area contributed by atoms with Gasteiger partial charge in [-0.2, -0.15) is 5.10 Å². The molecule has 0 spiro atoms. The van der Waals surface area contributed by atoms with E-state index in [1.54, 1.807) is 18.7 Å². The Labute approximate surface area is 138 Å². The van der Waals surface area contributed by atoms with E-state index in [2.05, 4.69) is 15.4 Å². The molecule has 0 aromatic carbocycles. The Bertz CT molecular complexity index is 850. The van der Waals surface area contributed by atoms with Crippen LogP contribution in [0.25, 0.3) is 0 Å². The number of sulfone groups is 1. The summed E-state index contributed by atoms with van der Waals surface area (Å²) < 4.78 is 34.4. The molecule has 2 aromatic heterocycles. The number of ether oxygens (including phenoxy) is 1. The number of hydrogen-bond acceptors (Lipinski definition) is 7. The zero-order chi connectivity index (χ0) is 17.5. The molecule has 24 heavy (non-hydrogen) atoms. The Morgan fingerprint density at radius 3 is 2.79 bits per heavy atom. The Morgan fingerprint density at radius 2 is 2.17 bits per heavy atom. The van der Waals surface area contributed by atoms with E-state index < -0.39 is 15.9 Å². The second kappa shape index (κ2) is 6.02. The highest BCUT2D eigenvalue weighted by Crippen LogP contribution is 2.30. The number of morpholine rings is 1. The molecule has 1 fully saturated rings. The van der Waals surface area contributed by atoms with Gasteiger partial charge in [0.15, 0.2) is 9.84 Å². The molecule has 2 aromatic rings. The van der Waals surface area contributed by atoms with Crippen molar-refractivity contribution in [2.75, 3.05) is 26.0 Å². The molecule has 0 bridgehead atoms. The van der Waals surface area contributed by atoms with Crippen LogP contribution in [-0.2, 0) is 14.6 Å². The van der Waals surface area contributed by atoms with Crippen LogP contribution in [0, 0.1) is 13.8 Å². The number of amides is 1. The predicted molar refractivity (Wildman–Crippen MR) is 82.3 cm³/mol. The van der Waals surface area contributed by atoms with Gasteiger partial charge in [0, 0.05) is 12.8 Å². The maximum Gasteiger partial charge on any atom is 0.260 e. The van der Waals surface area contributed by atoms with E-state index in [1.807, 2.05) is 0 Å². The van der Waals surface area contributed by atoms with Gasteiger partial charge in [-0.1, -0.05) is 5.16 Å². The van der Waals surface area contributed by atoms with Crippen LogP contribution in [0.2, 0.25) is 0 Å². The van der Waals surface area contributed by atoms with Gasteiger partial charge in [0.1, 0.15) is 16.2 Å². The first kappa shape index (κ1) is 16.7. The molecule has 1 saturated heterocycles. The molecule has 9 nitrogen and oxygen atoms in total. The number of aromatic amines is 1. The van der Waals surface area contributed by atoms with Crippen molar-refractivity contribution in [3.05, 3.63) is 28.9 Å². The lowest BCUT2D eigenvalue weighted by atomic mass is 10.1. The zero-order valence-electron chi connectivity index (χ0n) is 13.6. The van der Waals surface area contributed by atoms with Gasteiger partial charge in [-0.3, -0.25) is 9.89 Å². The topological polar surface area (TPSA) is 118 Å². The van der Waals surface area contributed by atoms with E-state index in [0.29, 0.717) is 35.9 Å². The third-order valence-electron chi connectivity index (χ3n) is 4.00. The van der Waals surface area contributed by atoms with Crippen molar-refractivity contribution in [1.82, 2.24) is 20.3 Å². The number of rotatable bonds is 3. The van der Waals surface area contributed by atoms with E-state index in [9.17, 15) is 13.2 Å². The van der Waals surface area contributed by atoms with Gasteiger partial charge in [0.2, 0.25) is 0 Å². The first-order valence-corrected chi connectivity index (χ1v) is 9.24. The van der Waals surface area contributed by atoms with E-state index in [-0.39, 0.29) is 17.4 Å². The third kappa shape index (κ3) is 2.82. The summed E-state index contributed by atoms with van der Waals surface area (Å²) in [5, 5.41) is 10.3. The molecule has 10 heteroatoms. The molecular formula is C14H18N4O5S. The van der Waals surface area contributed by atoms with Crippen molar-refractivity contribution in [3.8, 4) is 0 Å². The molecule has 3 heterocycles. The maximum absolute atomic E-state index is 13.0. The average molecular weight is 354 g/mol. The number of hydrogen-bond donors (Lipinski definition) is 1. The first-order chi connectivity index (χ1) is 11.3. The van der Waals surface area contributed by atoms with E-state index in [1.165, 1.54) is 6.20 Å². The van der Waals surface area contributed by atoms with Crippen molar-refractivity contribution in [3.63, 3.8) is 0 Å². The fourth-order valence-corrected chi connectivity index (χ4v) is 3.66. The minimum absolute atomic E-state index is 0.0644. The quantitative estimate of drug-likeness (QED) is 0.859. The monoisotopic (exact) mass is 354 g/mol. The summed E-state index contributed by atoms with van der Waals surface area (Å²) in [5.41, 5.74) is 1.23. The summed E-state index contributed by atoms with van der Waals surface area (Å²) in [6.45, 7) is 4.24. The molecule has 1 atom stereocenters. The average Bonchev–Trinajstić information content (AvgIpc) is 3.13. The van der Waals surface area contributed by atoms with Crippen molar-refractivity contribution in [2.24, 2.45) is 0 Å². The molecular weight excluding hydrogens is 336 g/mol. The zero-order valence-corrected chi connectivity index (χ0v) is 14.4. The van der Waals surface area contributed by atoms with Gasteiger partial charge in [0.25, 0.3) is 5.91 Å². The lowest BCUT2D eigenvalue weighted by molar-refractivity contribution is -0.00480. The molecule has 1 aliphatic heterocycles. The van der Waals surface area contributed by atoms with Crippen molar-refractivity contribution >= 4 is 15.7 Å². The number of aryl methyl sites for hydroxylation is 2. The van der Waals surface area contributed by atoms with Crippen LogP contribution >= 0.6 is 0 Å². The summed E-state index contributed by atoms with van der Waals surface area (Å²) >= 11 is 0. The molecule has 0 saturated carbocycles. The first-order valence-electron chi connectivity index (χ1n) is 7.35. The largest absolute Gasteiger partial charge is 0.377 e. The van der Waals surface area contributed by atoms with Crippen LogP contribution < -0.4 is 0 Å². The minimum atomic E-state index is -3.48. The number of H-pyrrole nitrogens is 1. The summed E-state index contributed by atoms with van der Waals surface area (Å²) in [6, 6.07) is -0.577. The van der Waals surface area contributed by atoms with Gasteiger partial charge in [0.05, 0.1) is 36.8 Å². The maximum atomic E-state index is 13.0. The summed E-state index contributed by atoms with van der Waals surface area (Å²) in [6.07, 6.45) is 2.35. The molecule has 1 amide bonds. The van der Waals surface area contributed by atoms with Gasteiger partial charge in [-0.05, 0) is 13.8 Å². The highest BCUT2D eigenvalue weighted by atomic mass is 32.2. The number of nitrogens with one attached hydrogen (secondary N) is 1. The van der Waals surface area contributed by atoms with Crippen LogP contribution in [0.15, 0.2) is 15.6 Å². The Hall–Kier alpha value is -2.20. The van der Waals surface area contributed by atoms with Gasteiger partial charge < -0.3 is 14.2 Å². The molecule has 1 N–H and O–H groups in total. The number of carbonyl (C=O) groups is 1. The fourth-order valence-electron chi connectivity index (χ4n) is 2.84. The standard InChI is InChI=1S/C14H18N4O5S/c1-8-12(9(2)23-17-8)14(19)18-4-5-22-7-10(18)13-11(6-15-16-13)24(3,20)21/h6,10H,4-5,7H2,1-3H3,(H,15,16). The van der Waals surface area contributed by atoms with Crippen molar-refractivity contribution < 1.29 is 22.5 Å². The summed E-state index contributed by atoms with van der Waals surface area (Å²) in [7, 11) is -3.48. The second-order valence-corrected chi connectivity index (χ2v) is 7.69. The van der Waals surface area contributed by atoms with E-state index in [0.717, 1.165) is 6.26 Å². The minimum Gasteiger partial charge on any atom is -0.377 e. The predicted octanol–water partition coefficient (Wildman–Crippen LogP) is 0.632. The van der Waals surface area contributed by atoms with E-state index >= 15 is 0 Å². The fraction of sp³-hybridized carbons (Fsp3) is 0.500. The van der Waals surface area contributed by atoms with Crippen LogP contribution in [0.3, 0.4) is 0 Å². The van der Waals surface area contributed by atoms with Crippen LogP contribution in [-0.4, -0.2) is 60.6 Å². The lowest BCUT2D eigenvalue weighted by Gasteiger charge is -2.35. The molecule has 0 radical (unpaired) electrons. The Kier molecular flexibility index (Phi) is 4.18. The molecule has 130 valence electrons. The van der Waals surface area contributed by atoms with Crippen molar-refractivity contribution in [2.45, 2.75) is 24.8 Å². The summed E-state index contributed by atoms with van der Waals surface area (Å²) in [4.78, 5) is 14.6. The number of nitrogens with zero attached hydrogens (tertiary/aromatic N) is 3. The summed E-state index contributed by atoms with van der Waals surface area (Å²) in [5.74, 6) is 0.157. The van der Waals surface area contributed by atoms with Crippen LogP contribution in [0.4, 0.5) is 0 Å². The van der Waals surface area contributed by atoms with Gasteiger partial charge >= 0.3 is 0 Å².